The van der Waals surface area contributed by atoms with E-state index < -0.39 is 24.1 Å². The van der Waals surface area contributed by atoms with Crippen LogP contribution < -0.4 is 16.0 Å². The minimum Gasteiger partial charge on any atom is -0.478 e. The normalized spacial score (nSPS) is 16.4. The topological polar surface area (TPSA) is 135 Å². The molecule has 0 bridgehead atoms. The maximum absolute atomic E-state index is 12.4. The highest BCUT2D eigenvalue weighted by Crippen LogP contribution is 2.46. The molecule has 9 nitrogen and oxygen atoms in total. The summed E-state index contributed by atoms with van der Waals surface area (Å²) in [6, 6.07) is 5.54. The number of pyridine rings is 2. The Hall–Kier alpha value is -3.88. The number of rotatable bonds is 5. The van der Waals surface area contributed by atoms with Crippen molar-refractivity contribution in [3.63, 3.8) is 0 Å². The number of carboxylic acid groups (broad SMARTS) is 1. The second kappa shape index (κ2) is 6.45. The first kappa shape index (κ1) is 16.6. The van der Waals surface area contributed by atoms with E-state index in [1.165, 1.54) is 31.0 Å². The van der Waals surface area contributed by atoms with Crippen LogP contribution in [0.1, 0.15) is 33.7 Å². The molecule has 9 heteroatoms. The fourth-order valence-electron chi connectivity index (χ4n) is 3.27. The summed E-state index contributed by atoms with van der Waals surface area (Å²) in [6.45, 7) is 0. The van der Waals surface area contributed by atoms with Gasteiger partial charge in [0.2, 0.25) is 5.91 Å². The van der Waals surface area contributed by atoms with Gasteiger partial charge in [-0.05, 0) is 18.2 Å². The van der Waals surface area contributed by atoms with E-state index in [1.807, 2.05) is 0 Å². The molecule has 3 aromatic rings. The van der Waals surface area contributed by atoms with Gasteiger partial charge in [-0.3, -0.25) is 9.78 Å². The van der Waals surface area contributed by atoms with Crippen molar-refractivity contribution in [1.82, 2.24) is 9.97 Å². The summed E-state index contributed by atoms with van der Waals surface area (Å²) >= 11 is 0. The lowest BCUT2D eigenvalue weighted by Gasteiger charge is -2.33. The molecule has 3 aromatic heterocycles. The van der Waals surface area contributed by atoms with Crippen LogP contribution in [0.4, 0.5) is 11.5 Å². The van der Waals surface area contributed by atoms with Crippen molar-refractivity contribution in [3.8, 4) is 0 Å². The summed E-state index contributed by atoms with van der Waals surface area (Å²) in [5.41, 5.74) is 7.24. The number of anilines is 2. The number of amides is 1. The predicted molar refractivity (Wildman–Crippen MR) is 94.9 cm³/mol. The molecule has 2 atom stereocenters. The highest BCUT2D eigenvalue weighted by atomic mass is 16.4. The molecule has 4 N–H and O–H groups in total. The van der Waals surface area contributed by atoms with Gasteiger partial charge in [-0.1, -0.05) is 6.07 Å². The van der Waals surface area contributed by atoms with Crippen LogP contribution in [-0.2, 0) is 4.79 Å². The number of hydrogen-bond acceptors (Lipinski definition) is 7. The molecule has 0 radical (unpaired) electrons. The third-order valence-corrected chi connectivity index (χ3v) is 4.37. The lowest BCUT2D eigenvalue weighted by Crippen LogP contribution is -2.40. The first-order valence-corrected chi connectivity index (χ1v) is 8.06. The summed E-state index contributed by atoms with van der Waals surface area (Å²) in [5, 5.41) is 12.8. The highest BCUT2D eigenvalue weighted by molar-refractivity contribution is 6.00. The Labute approximate surface area is 153 Å². The van der Waals surface area contributed by atoms with E-state index in [0.717, 1.165) is 0 Å². The highest BCUT2D eigenvalue weighted by Gasteiger charge is 2.42. The van der Waals surface area contributed by atoms with E-state index in [0.29, 0.717) is 16.9 Å². The Balaban J connectivity index is 1.94. The number of nitrogens with one attached hydrogen (secondary N) is 1. The standard InChI is InChI=1S/C18H15N5O4/c19-15(24)13(10-2-1-5-20-8-10)23-14-12(18(25)26)3-6-21-16(14)22-17(23)11-4-7-27-9-11/h1-9,13,17H,(H2,19,24)(H,21,22)(H,25,26). The number of hydrogen-bond donors (Lipinski definition) is 3. The van der Waals surface area contributed by atoms with E-state index >= 15 is 0 Å². The number of fused-ring (bicyclic) bond motifs is 1. The number of primary amides is 1. The molecule has 0 aliphatic carbocycles. The molecule has 0 fully saturated rings. The summed E-state index contributed by atoms with van der Waals surface area (Å²) in [6.07, 6.45) is 6.91. The Kier molecular flexibility index (Phi) is 3.96. The average molecular weight is 365 g/mol. The number of nitrogens with two attached hydrogens (primary N) is 1. The van der Waals surface area contributed by atoms with Crippen LogP contribution in [0.2, 0.25) is 0 Å². The number of furan rings is 1. The van der Waals surface area contributed by atoms with E-state index in [9.17, 15) is 14.7 Å². The number of carbonyl (C=O) groups is 2. The van der Waals surface area contributed by atoms with Gasteiger partial charge in [0.05, 0.1) is 23.8 Å². The summed E-state index contributed by atoms with van der Waals surface area (Å²) in [4.78, 5) is 34.1. The van der Waals surface area contributed by atoms with Gasteiger partial charge < -0.3 is 25.5 Å². The number of carboxylic acids is 1. The third-order valence-electron chi connectivity index (χ3n) is 4.37. The summed E-state index contributed by atoms with van der Waals surface area (Å²) < 4.78 is 5.17. The number of aromatic nitrogens is 2. The molecule has 2 unspecified atom stereocenters. The zero-order chi connectivity index (χ0) is 19.0. The van der Waals surface area contributed by atoms with Crippen molar-refractivity contribution < 1.29 is 19.1 Å². The molecule has 1 aliphatic rings. The van der Waals surface area contributed by atoms with E-state index in [4.69, 9.17) is 10.2 Å². The fourth-order valence-corrected chi connectivity index (χ4v) is 3.27. The molecule has 1 amide bonds. The molecule has 0 spiro atoms. The number of carbonyl (C=O) groups excluding carboxylic acids is 1. The molecule has 27 heavy (non-hydrogen) atoms. The van der Waals surface area contributed by atoms with E-state index in [-0.39, 0.29) is 11.3 Å². The van der Waals surface area contributed by atoms with Gasteiger partial charge in [-0.2, -0.15) is 0 Å². The Morgan fingerprint density at radius 3 is 2.78 bits per heavy atom. The second-order valence-electron chi connectivity index (χ2n) is 5.96. The minimum absolute atomic E-state index is 0.00800. The zero-order valence-electron chi connectivity index (χ0n) is 13.9. The monoisotopic (exact) mass is 365 g/mol. The molecule has 0 saturated heterocycles. The molecule has 136 valence electrons. The molecule has 0 aromatic carbocycles. The SMILES string of the molecule is NC(=O)C(c1cccnc1)N1c2c(C(=O)O)ccnc2NC1c1ccoc1. The van der Waals surface area contributed by atoms with Gasteiger partial charge in [-0.15, -0.1) is 0 Å². The van der Waals surface area contributed by atoms with E-state index in [2.05, 4.69) is 15.3 Å². The minimum atomic E-state index is -1.14. The molecular formula is C18H15N5O4. The van der Waals surface area contributed by atoms with Gasteiger partial charge in [0, 0.05) is 29.7 Å². The first-order chi connectivity index (χ1) is 13.1. The maximum Gasteiger partial charge on any atom is 0.338 e. The lowest BCUT2D eigenvalue weighted by molar-refractivity contribution is -0.119. The number of aromatic carboxylic acids is 1. The van der Waals surface area contributed by atoms with Crippen molar-refractivity contribution in [1.29, 1.82) is 0 Å². The van der Waals surface area contributed by atoms with Crippen LogP contribution in [0.15, 0.2) is 59.8 Å². The van der Waals surface area contributed by atoms with Crippen molar-refractivity contribution >= 4 is 23.4 Å². The third kappa shape index (κ3) is 2.74. The quantitative estimate of drug-likeness (QED) is 0.624. The van der Waals surface area contributed by atoms with Gasteiger partial charge in [0.15, 0.2) is 5.82 Å². The van der Waals surface area contributed by atoms with Crippen LogP contribution in [0.25, 0.3) is 0 Å². The Bertz CT molecular complexity index is 990. The van der Waals surface area contributed by atoms with Crippen molar-refractivity contribution in [2.75, 3.05) is 10.2 Å². The molecule has 4 heterocycles. The smallest absolute Gasteiger partial charge is 0.338 e. The molecule has 1 aliphatic heterocycles. The summed E-state index contributed by atoms with van der Waals surface area (Å²) in [5.74, 6) is -1.44. The molecular weight excluding hydrogens is 350 g/mol. The Morgan fingerprint density at radius 1 is 1.30 bits per heavy atom. The van der Waals surface area contributed by atoms with Crippen LogP contribution in [0.3, 0.4) is 0 Å². The van der Waals surface area contributed by atoms with Crippen LogP contribution in [-0.4, -0.2) is 27.0 Å². The van der Waals surface area contributed by atoms with Crippen molar-refractivity contribution in [2.24, 2.45) is 5.73 Å². The van der Waals surface area contributed by atoms with Crippen molar-refractivity contribution in [3.05, 3.63) is 72.1 Å². The predicted octanol–water partition coefficient (Wildman–Crippen LogP) is 1.93. The van der Waals surface area contributed by atoms with Crippen molar-refractivity contribution in [2.45, 2.75) is 12.2 Å². The van der Waals surface area contributed by atoms with Gasteiger partial charge in [0.1, 0.15) is 12.2 Å². The van der Waals surface area contributed by atoms with E-state index in [1.54, 1.807) is 29.3 Å². The van der Waals surface area contributed by atoms with Crippen LogP contribution >= 0.6 is 0 Å². The first-order valence-electron chi connectivity index (χ1n) is 8.06. The van der Waals surface area contributed by atoms with Crippen LogP contribution in [0, 0.1) is 0 Å². The largest absolute Gasteiger partial charge is 0.478 e. The molecule has 4 rings (SSSR count). The lowest BCUT2D eigenvalue weighted by atomic mass is 10.0. The number of nitrogens with zero attached hydrogens (tertiary/aromatic N) is 3. The average Bonchev–Trinajstić information content (AvgIpc) is 3.30. The molecule has 0 saturated carbocycles. The van der Waals surface area contributed by atoms with Gasteiger partial charge >= 0.3 is 5.97 Å². The van der Waals surface area contributed by atoms with Gasteiger partial charge in [-0.25, -0.2) is 9.78 Å². The summed E-state index contributed by atoms with van der Waals surface area (Å²) in [7, 11) is 0. The fraction of sp³-hybridized carbons (Fsp3) is 0.111. The second-order valence-corrected chi connectivity index (χ2v) is 5.96. The Morgan fingerprint density at radius 2 is 2.15 bits per heavy atom. The van der Waals surface area contributed by atoms with Crippen LogP contribution in [0.5, 0.6) is 0 Å². The zero-order valence-corrected chi connectivity index (χ0v) is 13.9. The maximum atomic E-state index is 12.4. The van der Waals surface area contributed by atoms with Gasteiger partial charge in [0.25, 0.3) is 0 Å².